The molecule has 0 saturated heterocycles. The molecule has 0 atom stereocenters. The summed E-state index contributed by atoms with van der Waals surface area (Å²) < 4.78 is 50.1. The quantitative estimate of drug-likeness (QED) is 0.590. The highest BCUT2D eigenvalue weighted by Crippen LogP contribution is 2.27. The number of ether oxygens (including phenoxy) is 2. The number of amides is 1. The van der Waals surface area contributed by atoms with E-state index in [2.05, 4.69) is 5.32 Å². The third kappa shape index (κ3) is 6.26. The van der Waals surface area contributed by atoms with Crippen molar-refractivity contribution in [2.75, 3.05) is 40.0 Å². The first kappa shape index (κ1) is 21.3. The molecule has 0 aromatic heterocycles. The van der Waals surface area contributed by atoms with E-state index < -0.39 is 21.7 Å². The van der Waals surface area contributed by atoms with Crippen molar-refractivity contribution in [1.29, 1.82) is 0 Å². The zero-order chi connectivity index (χ0) is 18.9. The molecule has 1 amide bonds. The van der Waals surface area contributed by atoms with E-state index in [9.17, 15) is 17.6 Å². The molecule has 0 aliphatic rings. The van der Waals surface area contributed by atoms with Crippen molar-refractivity contribution in [3.8, 4) is 5.75 Å². The van der Waals surface area contributed by atoms with Gasteiger partial charge in [-0.15, -0.1) is 0 Å². The molecule has 7 nitrogen and oxygen atoms in total. The van der Waals surface area contributed by atoms with Crippen LogP contribution < -0.4 is 10.1 Å². The topological polar surface area (TPSA) is 84.9 Å². The highest BCUT2D eigenvalue weighted by atomic mass is 32.2. The van der Waals surface area contributed by atoms with Crippen molar-refractivity contribution >= 4 is 15.9 Å². The third-order valence-electron chi connectivity index (χ3n) is 3.41. The molecule has 0 radical (unpaired) electrons. The van der Waals surface area contributed by atoms with Gasteiger partial charge in [0.15, 0.2) is 0 Å². The van der Waals surface area contributed by atoms with Crippen LogP contribution in [0.15, 0.2) is 23.1 Å². The number of sulfonamides is 1. The number of rotatable bonds is 11. The molecule has 1 aromatic rings. The number of carbonyl (C=O) groups excluding carboxylic acids is 1. The van der Waals surface area contributed by atoms with Gasteiger partial charge in [-0.05, 0) is 31.5 Å². The average Bonchev–Trinajstić information content (AvgIpc) is 2.59. The first-order chi connectivity index (χ1) is 11.9. The van der Waals surface area contributed by atoms with Crippen molar-refractivity contribution < 1.29 is 27.1 Å². The van der Waals surface area contributed by atoms with Gasteiger partial charge in [0.1, 0.15) is 16.5 Å². The minimum Gasteiger partial charge on any atom is -0.495 e. The smallest absolute Gasteiger partial charge is 0.247 e. The fourth-order valence-corrected chi connectivity index (χ4v) is 3.69. The summed E-state index contributed by atoms with van der Waals surface area (Å²) in [7, 11) is -2.77. The van der Waals surface area contributed by atoms with Crippen LogP contribution in [-0.2, 0) is 19.6 Å². The Morgan fingerprint density at radius 3 is 2.64 bits per heavy atom. The Labute approximate surface area is 148 Å². The largest absolute Gasteiger partial charge is 0.495 e. The van der Waals surface area contributed by atoms with Gasteiger partial charge >= 0.3 is 0 Å². The fraction of sp³-hybridized carbons (Fsp3) is 0.562. The molecule has 0 fully saturated rings. The Morgan fingerprint density at radius 1 is 1.32 bits per heavy atom. The first-order valence-corrected chi connectivity index (χ1v) is 9.48. The van der Waals surface area contributed by atoms with E-state index in [0.717, 1.165) is 16.4 Å². The van der Waals surface area contributed by atoms with Crippen LogP contribution in [0, 0.1) is 5.82 Å². The Hall–Kier alpha value is -1.71. The van der Waals surface area contributed by atoms with Crippen molar-refractivity contribution in [2.24, 2.45) is 0 Å². The maximum Gasteiger partial charge on any atom is 0.247 e. The second-order valence-electron chi connectivity index (χ2n) is 5.13. The monoisotopic (exact) mass is 376 g/mol. The second kappa shape index (κ2) is 10.3. The van der Waals surface area contributed by atoms with Crippen LogP contribution in [-0.4, -0.2) is 58.6 Å². The average molecular weight is 376 g/mol. The van der Waals surface area contributed by atoms with Gasteiger partial charge < -0.3 is 14.8 Å². The highest BCUT2D eigenvalue weighted by Gasteiger charge is 2.28. The number of nitrogens with zero attached hydrogens (tertiary/aromatic N) is 1. The molecular formula is C16H25FN2O5S. The SMILES string of the molecule is CCOCCCNC(=O)CN(CC)S(=O)(=O)c1cc(F)ccc1OC. The molecule has 25 heavy (non-hydrogen) atoms. The van der Waals surface area contributed by atoms with Crippen LogP contribution in [0.3, 0.4) is 0 Å². The number of methoxy groups -OCH3 is 1. The molecule has 0 aliphatic carbocycles. The summed E-state index contributed by atoms with van der Waals surface area (Å²) in [5.74, 6) is -1.11. The Balaban J connectivity index is 2.81. The van der Waals surface area contributed by atoms with Crippen LogP contribution in [0.5, 0.6) is 5.75 Å². The van der Waals surface area contributed by atoms with Crippen molar-refractivity contribution in [1.82, 2.24) is 9.62 Å². The lowest BCUT2D eigenvalue weighted by molar-refractivity contribution is -0.121. The minimum absolute atomic E-state index is 0.0250. The summed E-state index contributed by atoms with van der Waals surface area (Å²) >= 11 is 0. The zero-order valence-corrected chi connectivity index (χ0v) is 15.6. The van der Waals surface area contributed by atoms with Gasteiger partial charge in [0.25, 0.3) is 0 Å². The Bertz CT molecular complexity index is 666. The van der Waals surface area contributed by atoms with Gasteiger partial charge in [0.2, 0.25) is 15.9 Å². The maximum atomic E-state index is 13.5. The molecule has 0 spiro atoms. The number of benzene rings is 1. The predicted molar refractivity (Wildman–Crippen MR) is 91.5 cm³/mol. The van der Waals surface area contributed by atoms with Gasteiger partial charge in [-0.2, -0.15) is 4.31 Å². The molecule has 1 N–H and O–H groups in total. The van der Waals surface area contributed by atoms with Crippen molar-refractivity contribution in [2.45, 2.75) is 25.2 Å². The van der Waals surface area contributed by atoms with E-state index >= 15 is 0 Å². The van der Waals surface area contributed by atoms with Crippen LogP contribution in [0.25, 0.3) is 0 Å². The molecule has 0 saturated carbocycles. The number of carbonyl (C=O) groups is 1. The number of halogens is 1. The van der Waals surface area contributed by atoms with Crippen LogP contribution in [0.4, 0.5) is 4.39 Å². The lowest BCUT2D eigenvalue weighted by Gasteiger charge is -2.21. The van der Waals surface area contributed by atoms with E-state index in [0.29, 0.717) is 26.2 Å². The first-order valence-electron chi connectivity index (χ1n) is 8.04. The summed E-state index contributed by atoms with van der Waals surface area (Å²) in [6, 6.07) is 3.24. The van der Waals surface area contributed by atoms with Crippen molar-refractivity contribution in [3.63, 3.8) is 0 Å². The lowest BCUT2D eigenvalue weighted by atomic mass is 10.3. The number of nitrogens with one attached hydrogen (secondary N) is 1. The molecule has 1 rings (SSSR count). The van der Waals surface area contributed by atoms with E-state index in [1.54, 1.807) is 6.92 Å². The van der Waals surface area contributed by atoms with Crippen LogP contribution >= 0.6 is 0 Å². The van der Waals surface area contributed by atoms with E-state index in [1.807, 2.05) is 6.92 Å². The third-order valence-corrected chi connectivity index (χ3v) is 5.35. The zero-order valence-electron chi connectivity index (χ0n) is 14.7. The van der Waals surface area contributed by atoms with Gasteiger partial charge in [-0.3, -0.25) is 4.79 Å². The van der Waals surface area contributed by atoms with Gasteiger partial charge in [-0.1, -0.05) is 6.92 Å². The number of hydrogen-bond donors (Lipinski definition) is 1. The minimum atomic E-state index is -4.07. The van der Waals surface area contributed by atoms with Crippen LogP contribution in [0.1, 0.15) is 20.3 Å². The van der Waals surface area contributed by atoms with Crippen LogP contribution in [0.2, 0.25) is 0 Å². The summed E-state index contributed by atoms with van der Waals surface area (Å²) in [4.78, 5) is 11.7. The highest BCUT2D eigenvalue weighted by molar-refractivity contribution is 7.89. The lowest BCUT2D eigenvalue weighted by Crippen LogP contribution is -2.41. The molecule has 9 heteroatoms. The molecule has 0 unspecified atom stereocenters. The van der Waals surface area contributed by atoms with E-state index in [-0.39, 0.29) is 23.7 Å². The summed E-state index contributed by atoms with van der Waals surface area (Å²) in [6.45, 7) is 4.70. The Morgan fingerprint density at radius 2 is 2.04 bits per heavy atom. The predicted octanol–water partition coefficient (Wildman–Crippen LogP) is 1.39. The van der Waals surface area contributed by atoms with Crippen molar-refractivity contribution in [3.05, 3.63) is 24.0 Å². The summed E-state index contributed by atoms with van der Waals surface area (Å²) in [5, 5.41) is 2.64. The molecular weight excluding hydrogens is 351 g/mol. The molecule has 0 aliphatic heterocycles. The van der Waals surface area contributed by atoms with Gasteiger partial charge in [0, 0.05) is 26.3 Å². The Kier molecular flexibility index (Phi) is 8.81. The molecule has 0 heterocycles. The summed E-state index contributed by atoms with van der Waals surface area (Å²) in [6.07, 6.45) is 0.635. The van der Waals surface area contributed by atoms with E-state index in [1.165, 1.54) is 13.2 Å². The molecule has 0 bridgehead atoms. The normalized spacial score (nSPS) is 11.6. The fourth-order valence-electron chi connectivity index (χ4n) is 2.12. The number of likely N-dealkylation sites (N-methyl/N-ethyl adjacent to an activating group) is 1. The molecule has 1 aromatic carbocycles. The standard InChI is InChI=1S/C16H25FN2O5S/c1-4-19(12-16(20)18-9-6-10-24-5-2)25(21,22)15-11-13(17)7-8-14(15)23-3/h7-8,11H,4-6,9-10,12H2,1-3H3,(H,18,20). The maximum absolute atomic E-state index is 13.5. The van der Waals surface area contributed by atoms with Gasteiger partial charge in [0.05, 0.1) is 13.7 Å². The van der Waals surface area contributed by atoms with E-state index in [4.69, 9.17) is 9.47 Å². The number of hydrogen-bond acceptors (Lipinski definition) is 5. The second-order valence-corrected chi connectivity index (χ2v) is 7.03. The van der Waals surface area contributed by atoms with Gasteiger partial charge in [-0.25, -0.2) is 12.8 Å². The molecule has 142 valence electrons. The summed E-state index contributed by atoms with van der Waals surface area (Å²) in [5.41, 5.74) is 0.